The summed E-state index contributed by atoms with van der Waals surface area (Å²) >= 11 is 15.9. The summed E-state index contributed by atoms with van der Waals surface area (Å²) in [7, 11) is 0. The van der Waals surface area contributed by atoms with Gasteiger partial charge in [-0.3, -0.25) is 0 Å². The van der Waals surface area contributed by atoms with Crippen molar-refractivity contribution in [1.29, 1.82) is 0 Å². The van der Waals surface area contributed by atoms with E-state index in [1.807, 2.05) is 18.2 Å². The average Bonchev–Trinajstić information content (AvgIpc) is 2.35. The normalized spacial score (nSPS) is 12.5. The molecule has 0 heterocycles. The molecule has 0 fully saturated rings. The van der Waals surface area contributed by atoms with Crippen molar-refractivity contribution in [3.8, 4) is 0 Å². The van der Waals surface area contributed by atoms with E-state index in [9.17, 15) is 4.39 Å². The summed E-state index contributed by atoms with van der Waals surface area (Å²) in [5.41, 5.74) is 7.28. The molecule has 2 aromatic carbocycles. The second-order valence-electron chi connectivity index (χ2n) is 3.91. The van der Waals surface area contributed by atoms with E-state index in [4.69, 9.17) is 17.3 Å². The second-order valence-corrected chi connectivity index (χ2v) is 6.91. The molecule has 0 amide bonds. The molecule has 0 bridgehead atoms. The van der Waals surface area contributed by atoms with E-state index in [0.717, 1.165) is 14.5 Å². The van der Waals surface area contributed by atoms with Gasteiger partial charge in [-0.1, -0.05) is 55.6 Å². The lowest BCUT2D eigenvalue weighted by Crippen LogP contribution is -2.14. The molecule has 1 unspecified atom stereocenters. The molecule has 0 radical (unpaired) electrons. The van der Waals surface area contributed by atoms with Crippen LogP contribution in [0.5, 0.6) is 0 Å². The Hall–Kier alpha value is 0.0600. The Balaban J connectivity index is 2.50. The molecule has 0 aliphatic carbocycles. The highest BCUT2D eigenvalue weighted by molar-refractivity contribution is 9.11. The Morgan fingerprint density at radius 2 is 1.63 bits per heavy atom. The van der Waals surface area contributed by atoms with Crippen molar-refractivity contribution < 1.29 is 4.39 Å². The van der Waals surface area contributed by atoms with Crippen LogP contribution in [0.15, 0.2) is 43.7 Å². The lowest BCUT2D eigenvalue weighted by molar-refractivity contribution is 0.599. The molecule has 100 valence electrons. The highest BCUT2D eigenvalue weighted by Gasteiger charge is 2.19. The largest absolute Gasteiger partial charge is 0.320 e. The maximum Gasteiger partial charge on any atom is 0.148 e. The lowest BCUT2D eigenvalue weighted by atomic mass is 9.99. The molecule has 19 heavy (non-hydrogen) atoms. The Kier molecular flexibility index (Phi) is 5.06. The van der Waals surface area contributed by atoms with Crippen LogP contribution in [-0.4, -0.2) is 0 Å². The van der Waals surface area contributed by atoms with Crippen LogP contribution in [0.1, 0.15) is 17.2 Å². The van der Waals surface area contributed by atoms with E-state index < -0.39 is 11.9 Å². The van der Waals surface area contributed by atoms with Crippen LogP contribution in [-0.2, 0) is 0 Å². The zero-order chi connectivity index (χ0) is 14.2. The Morgan fingerprint density at radius 3 is 2.26 bits per heavy atom. The number of hydrogen-bond acceptors (Lipinski definition) is 1. The first-order valence-corrected chi connectivity index (χ1v) is 8.01. The molecule has 0 aliphatic rings. The van der Waals surface area contributed by atoms with E-state index in [1.165, 1.54) is 0 Å². The van der Waals surface area contributed by atoms with E-state index >= 15 is 0 Å². The first-order chi connectivity index (χ1) is 8.91. The quantitative estimate of drug-likeness (QED) is 0.549. The molecule has 0 saturated heterocycles. The van der Waals surface area contributed by atoms with Gasteiger partial charge in [-0.25, -0.2) is 4.39 Å². The molecule has 1 atom stereocenters. The van der Waals surface area contributed by atoms with Crippen molar-refractivity contribution >= 4 is 59.4 Å². The minimum atomic E-state index is -0.590. The van der Waals surface area contributed by atoms with E-state index in [2.05, 4.69) is 47.8 Å². The van der Waals surface area contributed by atoms with Crippen LogP contribution in [0, 0.1) is 5.82 Å². The number of rotatable bonds is 2. The van der Waals surface area contributed by atoms with Gasteiger partial charge in [0.05, 0.1) is 11.1 Å². The van der Waals surface area contributed by atoms with Crippen LogP contribution in [0.2, 0.25) is 5.02 Å². The van der Waals surface area contributed by atoms with E-state index in [1.54, 1.807) is 12.1 Å². The molecule has 1 nitrogen and oxygen atoms in total. The van der Waals surface area contributed by atoms with Crippen LogP contribution >= 0.6 is 59.4 Å². The molecule has 0 saturated carbocycles. The van der Waals surface area contributed by atoms with Gasteiger partial charge in [-0.15, -0.1) is 0 Å². The molecule has 2 rings (SSSR count). The zero-order valence-corrected chi connectivity index (χ0v) is 14.9. The Bertz CT molecular complexity index is 634. The minimum Gasteiger partial charge on any atom is -0.320 e. The van der Waals surface area contributed by atoms with Crippen LogP contribution < -0.4 is 5.73 Å². The summed E-state index contributed by atoms with van der Waals surface area (Å²) in [5, 5.41) is 0.0428. The third-order valence-electron chi connectivity index (χ3n) is 2.70. The lowest BCUT2D eigenvalue weighted by Gasteiger charge is -2.16. The standard InChI is InChI=1S/C13H8Br3ClFN/c14-6-1-2-7(10(16)5-6)13(19)8-3-4-9(15)11(17)12(8)18/h1-5,13H,19H2. The van der Waals surface area contributed by atoms with Crippen molar-refractivity contribution in [2.24, 2.45) is 5.73 Å². The van der Waals surface area contributed by atoms with E-state index in [0.29, 0.717) is 10.0 Å². The molecule has 0 aromatic heterocycles. The van der Waals surface area contributed by atoms with Crippen LogP contribution in [0.25, 0.3) is 0 Å². The van der Waals surface area contributed by atoms with Gasteiger partial charge < -0.3 is 5.73 Å². The predicted molar refractivity (Wildman–Crippen MR) is 87.0 cm³/mol. The summed E-state index contributed by atoms with van der Waals surface area (Å²) in [5.74, 6) is -0.502. The van der Waals surface area contributed by atoms with Gasteiger partial charge in [-0.2, -0.15) is 0 Å². The third-order valence-corrected chi connectivity index (χ3v) is 5.14. The summed E-state index contributed by atoms with van der Waals surface area (Å²) in [6.45, 7) is 0. The van der Waals surface area contributed by atoms with Gasteiger partial charge >= 0.3 is 0 Å². The topological polar surface area (TPSA) is 26.0 Å². The van der Waals surface area contributed by atoms with Crippen molar-refractivity contribution in [2.75, 3.05) is 0 Å². The first-order valence-electron chi connectivity index (χ1n) is 5.25. The van der Waals surface area contributed by atoms with Crippen LogP contribution in [0.3, 0.4) is 0 Å². The Labute approximate surface area is 140 Å². The summed E-state index contributed by atoms with van der Waals surface area (Å²) < 4.78 is 16.4. The van der Waals surface area contributed by atoms with Crippen molar-refractivity contribution in [2.45, 2.75) is 6.04 Å². The molecule has 0 aliphatic heterocycles. The smallest absolute Gasteiger partial charge is 0.148 e. The number of benzene rings is 2. The maximum absolute atomic E-state index is 14.1. The highest BCUT2D eigenvalue weighted by Crippen LogP contribution is 2.34. The fourth-order valence-electron chi connectivity index (χ4n) is 1.70. The number of hydrogen-bond donors (Lipinski definition) is 1. The first kappa shape index (κ1) is 15.4. The van der Waals surface area contributed by atoms with Gasteiger partial charge in [0.25, 0.3) is 0 Å². The van der Waals surface area contributed by atoms with Gasteiger partial charge in [0, 0.05) is 19.0 Å². The van der Waals surface area contributed by atoms with Crippen LogP contribution in [0.4, 0.5) is 4.39 Å². The fraction of sp³-hybridized carbons (Fsp3) is 0.0769. The van der Waals surface area contributed by atoms with Gasteiger partial charge in [-0.05, 0) is 39.7 Å². The minimum absolute atomic E-state index is 0.0428. The van der Waals surface area contributed by atoms with Crippen molar-refractivity contribution in [3.63, 3.8) is 0 Å². The average molecular weight is 472 g/mol. The van der Waals surface area contributed by atoms with Gasteiger partial charge in [0.2, 0.25) is 0 Å². The SMILES string of the molecule is NC(c1ccc(Br)cc1Br)c1ccc(Br)c(Cl)c1F. The molecule has 2 aromatic rings. The fourth-order valence-corrected chi connectivity index (χ4v) is 3.47. The molecule has 0 spiro atoms. The third kappa shape index (κ3) is 3.22. The Morgan fingerprint density at radius 1 is 1.00 bits per heavy atom. The van der Waals surface area contributed by atoms with Crippen molar-refractivity contribution in [3.05, 3.63) is 65.7 Å². The molecular weight excluding hydrogens is 464 g/mol. The second kappa shape index (κ2) is 6.22. The molecule has 2 N–H and O–H groups in total. The van der Waals surface area contributed by atoms with E-state index in [-0.39, 0.29) is 5.02 Å². The van der Waals surface area contributed by atoms with Gasteiger partial charge in [0.1, 0.15) is 5.82 Å². The monoisotopic (exact) mass is 469 g/mol. The van der Waals surface area contributed by atoms with Gasteiger partial charge in [0.15, 0.2) is 0 Å². The zero-order valence-electron chi connectivity index (χ0n) is 9.43. The summed E-state index contributed by atoms with van der Waals surface area (Å²) in [4.78, 5) is 0. The molecular formula is C13H8Br3ClFN. The maximum atomic E-state index is 14.1. The molecule has 6 heteroatoms. The highest BCUT2D eigenvalue weighted by atomic mass is 79.9. The number of nitrogens with two attached hydrogens (primary N) is 1. The summed E-state index contributed by atoms with van der Waals surface area (Å²) in [6, 6.07) is 8.30. The number of halogens is 5. The van der Waals surface area contributed by atoms with Crippen molar-refractivity contribution in [1.82, 2.24) is 0 Å². The summed E-state index contributed by atoms with van der Waals surface area (Å²) in [6.07, 6.45) is 0. The predicted octanol–water partition coefficient (Wildman–Crippen LogP) is 5.81.